The van der Waals surface area contributed by atoms with Crippen LogP contribution in [-0.4, -0.2) is 48.2 Å². The van der Waals surface area contributed by atoms with Gasteiger partial charge in [-0.25, -0.2) is 14.0 Å². The third-order valence-electron chi connectivity index (χ3n) is 4.69. The number of halogens is 1. The molecule has 0 radical (unpaired) electrons. The first kappa shape index (κ1) is 24.6. The summed E-state index contributed by atoms with van der Waals surface area (Å²) in [7, 11) is 0. The Labute approximate surface area is 196 Å². The van der Waals surface area contributed by atoms with E-state index in [1.54, 1.807) is 36.4 Å². The van der Waals surface area contributed by atoms with Crippen molar-refractivity contribution in [3.05, 3.63) is 108 Å². The average Bonchev–Trinajstić information content (AvgIpc) is 2.89. The predicted octanol–water partition coefficient (Wildman–Crippen LogP) is 3.97. The Morgan fingerprint density at radius 2 is 1.38 bits per heavy atom. The second-order valence-electron chi connectivity index (χ2n) is 7.23. The second kappa shape index (κ2) is 12.9. The van der Waals surface area contributed by atoms with Gasteiger partial charge in [0.25, 0.3) is 0 Å². The summed E-state index contributed by atoms with van der Waals surface area (Å²) in [5.41, 5.74) is 1.26. The molecule has 0 bridgehead atoms. The maximum absolute atomic E-state index is 15.0. The van der Waals surface area contributed by atoms with Gasteiger partial charge in [-0.2, -0.15) is 0 Å². The smallest absolute Gasteiger partial charge is 0.338 e. The topological polar surface area (TPSA) is 94.4 Å². The Morgan fingerprint density at radius 3 is 1.97 bits per heavy atom. The zero-order valence-electron chi connectivity index (χ0n) is 18.2. The molecule has 0 spiro atoms. The Hall–Kier alpha value is -4.04. The van der Waals surface area contributed by atoms with Gasteiger partial charge in [0.15, 0.2) is 12.3 Å². The molecule has 0 saturated carbocycles. The summed E-state index contributed by atoms with van der Waals surface area (Å²) >= 11 is 0. The van der Waals surface area contributed by atoms with Crippen molar-refractivity contribution in [2.45, 2.75) is 25.0 Å². The molecule has 3 atom stereocenters. The van der Waals surface area contributed by atoms with Gasteiger partial charge in [-0.1, -0.05) is 71.9 Å². The normalized spacial score (nSPS) is 13.6. The van der Waals surface area contributed by atoms with E-state index >= 15 is 0 Å². The van der Waals surface area contributed by atoms with E-state index in [1.165, 1.54) is 24.3 Å². The van der Waals surface area contributed by atoms with Gasteiger partial charge in [-0.15, -0.1) is 0 Å². The first-order chi connectivity index (χ1) is 16.5. The Bertz CT molecular complexity index is 1060. The number of rotatable bonds is 11. The highest BCUT2D eigenvalue weighted by molar-refractivity contribution is 5.90. The lowest BCUT2D eigenvalue weighted by molar-refractivity contribution is -0.0595. The summed E-state index contributed by atoms with van der Waals surface area (Å²) in [6.07, 6.45) is -4.60. The molecule has 0 aliphatic heterocycles. The molecule has 3 aromatic carbocycles. The molecule has 0 heterocycles. The van der Waals surface area contributed by atoms with Gasteiger partial charge in [0.05, 0.1) is 17.3 Å². The summed E-state index contributed by atoms with van der Waals surface area (Å²) in [6, 6.07) is 25.2. The molecular weight excluding hydrogens is 441 g/mol. The highest BCUT2D eigenvalue weighted by Crippen LogP contribution is 2.14. The summed E-state index contributed by atoms with van der Waals surface area (Å²) < 4.78 is 25.2. The van der Waals surface area contributed by atoms with Crippen LogP contribution in [0.1, 0.15) is 26.3 Å². The Kier molecular flexibility index (Phi) is 9.30. The summed E-state index contributed by atoms with van der Waals surface area (Å²) in [4.78, 5) is 29.7. The first-order valence-electron chi connectivity index (χ1n) is 10.5. The maximum Gasteiger partial charge on any atom is 0.338 e. The standard InChI is InChI=1S/C26H24FNO6/c27-22(16-28-33-17-19-10-4-1-5-11-19)24(34-26(31)21-14-8-3-9-15-21)23(29)18-32-25(30)20-12-6-2-7-13-20/h1-16,22-24,29H,17-18H2/t22-,23-,24+/m1/s1. The van der Waals surface area contributed by atoms with Crippen molar-refractivity contribution in [1.82, 2.24) is 0 Å². The molecule has 1 N–H and O–H groups in total. The van der Waals surface area contributed by atoms with E-state index in [9.17, 15) is 19.1 Å². The van der Waals surface area contributed by atoms with Crippen LogP contribution < -0.4 is 0 Å². The van der Waals surface area contributed by atoms with Crippen molar-refractivity contribution in [3.8, 4) is 0 Å². The zero-order valence-corrected chi connectivity index (χ0v) is 18.2. The number of nitrogens with zero attached hydrogens (tertiary/aromatic N) is 1. The first-order valence-corrected chi connectivity index (χ1v) is 10.5. The molecule has 7 nitrogen and oxygen atoms in total. The molecule has 8 heteroatoms. The quantitative estimate of drug-likeness (QED) is 0.262. The van der Waals surface area contributed by atoms with Crippen molar-refractivity contribution in [1.29, 1.82) is 0 Å². The largest absolute Gasteiger partial charge is 0.459 e. The van der Waals surface area contributed by atoms with Gasteiger partial charge in [-0.05, 0) is 29.8 Å². The number of hydrogen-bond donors (Lipinski definition) is 1. The number of ether oxygens (including phenoxy) is 2. The molecule has 0 aliphatic carbocycles. The van der Waals surface area contributed by atoms with Gasteiger partial charge < -0.3 is 19.4 Å². The van der Waals surface area contributed by atoms with Gasteiger partial charge in [0.1, 0.15) is 19.3 Å². The number of aliphatic hydroxyl groups is 1. The SMILES string of the molecule is O=C(OC[C@@H](O)[C@@H](OC(=O)c1ccccc1)[C@H](F)C=NOCc1ccccc1)c1ccccc1. The fourth-order valence-electron chi connectivity index (χ4n) is 2.91. The zero-order chi connectivity index (χ0) is 24.2. The van der Waals surface area contributed by atoms with Crippen LogP contribution in [0, 0.1) is 0 Å². The van der Waals surface area contributed by atoms with Gasteiger partial charge in [0, 0.05) is 0 Å². The Morgan fingerprint density at radius 1 is 0.853 bits per heavy atom. The number of carbonyl (C=O) groups is 2. The van der Waals surface area contributed by atoms with Crippen LogP contribution in [-0.2, 0) is 20.9 Å². The molecule has 34 heavy (non-hydrogen) atoms. The van der Waals surface area contributed by atoms with Crippen molar-refractivity contribution in [2.24, 2.45) is 5.16 Å². The third-order valence-corrected chi connectivity index (χ3v) is 4.69. The third kappa shape index (κ3) is 7.53. The number of benzene rings is 3. The van der Waals surface area contributed by atoms with E-state index < -0.39 is 36.9 Å². The summed E-state index contributed by atoms with van der Waals surface area (Å²) in [5.74, 6) is -1.55. The van der Waals surface area contributed by atoms with E-state index in [-0.39, 0.29) is 17.7 Å². The number of carbonyl (C=O) groups excluding carboxylic acids is 2. The van der Waals surface area contributed by atoms with Crippen molar-refractivity contribution in [2.75, 3.05) is 6.61 Å². The number of hydrogen-bond acceptors (Lipinski definition) is 7. The van der Waals surface area contributed by atoms with Gasteiger partial charge >= 0.3 is 11.9 Å². The highest BCUT2D eigenvalue weighted by atomic mass is 19.1. The number of aliphatic hydroxyl groups excluding tert-OH is 1. The van der Waals surface area contributed by atoms with E-state index in [0.717, 1.165) is 11.8 Å². The van der Waals surface area contributed by atoms with E-state index in [0.29, 0.717) is 0 Å². The predicted molar refractivity (Wildman–Crippen MR) is 123 cm³/mol. The van der Waals surface area contributed by atoms with Crippen LogP contribution in [0.5, 0.6) is 0 Å². The van der Waals surface area contributed by atoms with Crippen LogP contribution in [0.25, 0.3) is 0 Å². The molecule has 3 aromatic rings. The molecular formula is C26H24FNO6. The van der Waals surface area contributed by atoms with Crippen LogP contribution in [0.3, 0.4) is 0 Å². The second-order valence-corrected chi connectivity index (χ2v) is 7.23. The van der Waals surface area contributed by atoms with E-state index in [2.05, 4.69) is 5.16 Å². The minimum atomic E-state index is -2.03. The number of esters is 2. The molecule has 0 aromatic heterocycles. The molecule has 0 fully saturated rings. The number of oxime groups is 1. The van der Waals surface area contributed by atoms with Crippen molar-refractivity contribution >= 4 is 18.2 Å². The van der Waals surface area contributed by atoms with Crippen molar-refractivity contribution in [3.63, 3.8) is 0 Å². The molecule has 0 amide bonds. The van der Waals surface area contributed by atoms with Crippen molar-refractivity contribution < 1.29 is 33.4 Å². The molecule has 0 unspecified atom stereocenters. The molecule has 0 saturated heterocycles. The molecule has 176 valence electrons. The van der Waals surface area contributed by atoms with Crippen LogP contribution in [0.15, 0.2) is 96.2 Å². The molecule has 0 aliphatic rings. The maximum atomic E-state index is 15.0. The highest BCUT2D eigenvalue weighted by Gasteiger charge is 2.33. The minimum absolute atomic E-state index is 0.107. The van der Waals surface area contributed by atoms with E-state index in [4.69, 9.17) is 14.3 Å². The van der Waals surface area contributed by atoms with Gasteiger partial charge in [0.2, 0.25) is 0 Å². The average molecular weight is 465 g/mol. The fraction of sp³-hybridized carbons (Fsp3) is 0.192. The minimum Gasteiger partial charge on any atom is -0.459 e. The summed E-state index contributed by atoms with van der Waals surface area (Å²) in [5, 5.41) is 14.1. The van der Waals surface area contributed by atoms with E-state index in [1.807, 2.05) is 30.3 Å². The monoisotopic (exact) mass is 465 g/mol. The lowest BCUT2D eigenvalue weighted by Gasteiger charge is -2.24. The lowest BCUT2D eigenvalue weighted by Crippen LogP contribution is -2.43. The lowest BCUT2D eigenvalue weighted by atomic mass is 10.1. The van der Waals surface area contributed by atoms with Crippen LogP contribution in [0.2, 0.25) is 0 Å². The van der Waals surface area contributed by atoms with Crippen LogP contribution >= 0.6 is 0 Å². The van der Waals surface area contributed by atoms with Gasteiger partial charge in [-0.3, -0.25) is 0 Å². The fourth-order valence-corrected chi connectivity index (χ4v) is 2.91. The molecule has 3 rings (SSSR count). The van der Waals surface area contributed by atoms with Crippen LogP contribution in [0.4, 0.5) is 4.39 Å². The summed E-state index contributed by atoms with van der Waals surface area (Å²) in [6.45, 7) is -0.491. The Balaban J connectivity index is 1.64. The number of alkyl halides is 1.